The maximum atomic E-state index is 12.1. The lowest BCUT2D eigenvalue weighted by Gasteiger charge is -2.39. The van der Waals surface area contributed by atoms with Gasteiger partial charge in [-0.25, -0.2) is 0 Å². The minimum Gasteiger partial charge on any atom is -0.481 e. The molecule has 0 saturated carbocycles. The van der Waals surface area contributed by atoms with Gasteiger partial charge in [-0.1, -0.05) is 15.9 Å². The Labute approximate surface area is 113 Å². The van der Waals surface area contributed by atoms with Gasteiger partial charge in [0.2, 0.25) is 5.91 Å². The lowest BCUT2D eigenvalue weighted by Crippen LogP contribution is -2.51. The Morgan fingerprint density at radius 1 is 1.39 bits per heavy atom. The number of hydrogen-bond donors (Lipinski definition) is 1. The minimum atomic E-state index is -0.980. The third kappa shape index (κ3) is 2.08. The summed E-state index contributed by atoms with van der Waals surface area (Å²) in [6.07, 6.45) is -0.203. The van der Waals surface area contributed by atoms with E-state index in [1.807, 2.05) is 18.2 Å². The molecule has 96 valence electrons. The van der Waals surface area contributed by atoms with Crippen LogP contribution in [-0.4, -0.2) is 37.1 Å². The molecule has 0 bridgehead atoms. The van der Waals surface area contributed by atoms with Crippen molar-refractivity contribution in [2.24, 2.45) is 0 Å². The van der Waals surface area contributed by atoms with Gasteiger partial charge in [-0.2, -0.15) is 0 Å². The Kier molecular flexibility index (Phi) is 3.30. The molecular formula is C12H13BrN2O3. The third-order valence-electron chi connectivity index (χ3n) is 3.13. The summed E-state index contributed by atoms with van der Waals surface area (Å²) in [5.41, 5.74) is 1.63. The number of aliphatic carboxylic acids is 1. The molecule has 1 aliphatic heterocycles. The number of hydrogen-bond acceptors (Lipinski definition) is 3. The number of rotatable bonds is 2. The summed E-state index contributed by atoms with van der Waals surface area (Å²) in [5.74, 6) is -1.18. The molecule has 2 rings (SSSR count). The molecule has 1 amide bonds. The molecule has 5 nitrogen and oxygen atoms in total. The summed E-state index contributed by atoms with van der Waals surface area (Å²) in [5, 5.41) is 8.88. The van der Waals surface area contributed by atoms with Gasteiger partial charge in [0.15, 0.2) is 0 Å². The first kappa shape index (κ1) is 12.9. The number of carboxylic acids is 1. The second-order valence-electron chi connectivity index (χ2n) is 4.25. The molecule has 1 unspecified atom stereocenters. The standard InChI is InChI=1S/C12H13BrN2O3/c1-14-9-5-7(13)3-4-8(9)15(2)12(18)10(14)6-11(16)17/h3-5,10H,6H2,1-2H3,(H,16,17). The van der Waals surface area contributed by atoms with Crippen LogP contribution in [-0.2, 0) is 9.59 Å². The molecular weight excluding hydrogens is 300 g/mol. The number of fused-ring (bicyclic) bond motifs is 1. The average Bonchev–Trinajstić information content (AvgIpc) is 2.31. The van der Waals surface area contributed by atoms with Gasteiger partial charge in [-0.05, 0) is 18.2 Å². The minimum absolute atomic E-state index is 0.199. The van der Waals surface area contributed by atoms with Gasteiger partial charge in [0.1, 0.15) is 6.04 Å². The van der Waals surface area contributed by atoms with Crippen molar-refractivity contribution in [2.75, 3.05) is 23.9 Å². The fourth-order valence-electron chi connectivity index (χ4n) is 2.13. The first-order chi connectivity index (χ1) is 8.41. The summed E-state index contributed by atoms with van der Waals surface area (Å²) in [6.45, 7) is 0. The topological polar surface area (TPSA) is 60.9 Å². The lowest BCUT2D eigenvalue weighted by molar-refractivity contribution is -0.139. The SMILES string of the molecule is CN1C(=O)C(CC(=O)O)N(C)c2cc(Br)ccc21. The summed E-state index contributed by atoms with van der Waals surface area (Å²) in [7, 11) is 3.40. The lowest BCUT2D eigenvalue weighted by atomic mass is 10.0. The highest BCUT2D eigenvalue weighted by molar-refractivity contribution is 9.10. The van der Waals surface area contributed by atoms with Gasteiger partial charge in [0.25, 0.3) is 0 Å². The van der Waals surface area contributed by atoms with Crippen molar-refractivity contribution < 1.29 is 14.7 Å². The molecule has 1 heterocycles. The van der Waals surface area contributed by atoms with Crippen LogP contribution in [0, 0.1) is 0 Å². The Hall–Kier alpha value is -1.56. The number of carbonyl (C=O) groups excluding carboxylic acids is 1. The molecule has 0 aromatic heterocycles. The van der Waals surface area contributed by atoms with Crippen LogP contribution in [0.15, 0.2) is 22.7 Å². The number of nitrogens with zero attached hydrogens (tertiary/aromatic N) is 2. The fourth-order valence-corrected chi connectivity index (χ4v) is 2.48. The number of carboxylic acid groups (broad SMARTS) is 1. The first-order valence-electron chi connectivity index (χ1n) is 5.43. The van der Waals surface area contributed by atoms with Crippen LogP contribution < -0.4 is 9.80 Å². The molecule has 1 aromatic rings. The Balaban J connectivity index is 2.47. The quantitative estimate of drug-likeness (QED) is 0.903. The smallest absolute Gasteiger partial charge is 0.305 e. The van der Waals surface area contributed by atoms with Gasteiger partial charge >= 0.3 is 5.97 Å². The third-order valence-corrected chi connectivity index (χ3v) is 3.62. The Morgan fingerprint density at radius 3 is 2.67 bits per heavy atom. The first-order valence-corrected chi connectivity index (χ1v) is 6.23. The zero-order valence-electron chi connectivity index (χ0n) is 10.1. The normalized spacial score (nSPS) is 18.8. The van der Waals surface area contributed by atoms with Gasteiger partial charge in [0.05, 0.1) is 17.8 Å². The highest BCUT2D eigenvalue weighted by Gasteiger charge is 2.35. The highest BCUT2D eigenvalue weighted by atomic mass is 79.9. The highest BCUT2D eigenvalue weighted by Crippen LogP contribution is 2.37. The number of carbonyl (C=O) groups is 2. The number of amides is 1. The van der Waals surface area contributed by atoms with Crippen molar-refractivity contribution >= 4 is 39.2 Å². The van der Waals surface area contributed by atoms with Crippen LogP contribution in [0.5, 0.6) is 0 Å². The molecule has 1 N–H and O–H groups in total. The van der Waals surface area contributed by atoms with Crippen LogP contribution in [0.3, 0.4) is 0 Å². The van der Waals surface area contributed by atoms with Crippen LogP contribution in [0.25, 0.3) is 0 Å². The monoisotopic (exact) mass is 312 g/mol. The maximum absolute atomic E-state index is 12.1. The average molecular weight is 313 g/mol. The summed E-state index contributed by atoms with van der Waals surface area (Å²) >= 11 is 3.38. The van der Waals surface area contributed by atoms with E-state index in [0.717, 1.165) is 15.8 Å². The molecule has 0 aliphatic carbocycles. The van der Waals surface area contributed by atoms with E-state index in [1.54, 1.807) is 19.0 Å². The molecule has 0 saturated heterocycles. The second-order valence-corrected chi connectivity index (χ2v) is 5.17. The fraction of sp³-hybridized carbons (Fsp3) is 0.333. The van der Waals surface area contributed by atoms with Crippen LogP contribution in [0.4, 0.5) is 11.4 Å². The van der Waals surface area contributed by atoms with Crippen molar-refractivity contribution in [3.63, 3.8) is 0 Å². The van der Waals surface area contributed by atoms with E-state index in [1.165, 1.54) is 4.90 Å². The number of likely N-dealkylation sites (N-methyl/N-ethyl adjacent to an activating group) is 2. The zero-order chi connectivity index (χ0) is 13.4. The van der Waals surface area contributed by atoms with Crippen molar-refractivity contribution in [2.45, 2.75) is 12.5 Å². The van der Waals surface area contributed by atoms with E-state index >= 15 is 0 Å². The molecule has 1 aromatic carbocycles. The predicted octanol–water partition coefficient (Wildman–Crippen LogP) is 1.70. The maximum Gasteiger partial charge on any atom is 0.305 e. The summed E-state index contributed by atoms with van der Waals surface area (Å²) in [4.78, 5) is 26.2. The summed E-state index contributed by atoms with van der Waals surface area (Å²) in [6, 6.07) is 4.92. The van der Waals surface area contributed by atoms with Crippen molar-refractivity contribution in [3.05, 3.63) is 22.7 Å². The predicted molar refractivity (Wildman–Crippen MR) is 72.0 cm³/mol. The van der Waals surface area contributed by atoms with Crippen LogP contribution >= 0.6 is 15.9 Å². The van der Waals surface area contributed by atoms with Crippen LogP contribution in [0.2, 0.25) is 0 Å². The molecule has 0 fully saturated rings. The van der Waals surface area contributed by atoms with Crippen molar-refractivity contribution in [3.8, 4) is 0 Å². The second kappa shape index (κ2) is 4.61. The summed E-state index contributed by atoms with van der Waals surface area (Å²) < 4.78 is 0.893. The van der Waals surface area contributed by atoms with Crippen LogP contribution in [0.1, 0.15) is 6.42 Å². The Morgan fingerprint density at radius 2 is 2.06 bits per heavy atom. The van der Waals surface area contributed by atoms with E-state index in [-0.39, 0.29) is 12.3 Å². The number of anilines is 2. The van der Waals surface area contributed by atoms with Gasteiger partial charge < -0.3 is 14.9 Å². The Bertz CT molecular complexity index is 518. The molecule has 0 spiro atoms. The number of benzene rings is 1. The molecule has 0 radical (unpaired) electrons. The van der Waals surface area contributed by atoms with Crippen molar-refractivity contribution in [1.82, 2.24) is 0 Å². The molecule has 1 aliphatic rings. The van der Waals surface area contributed by atoms with E-state index in [9.17, 15) is 9.59 Å². The molecule has 1 atom stereocenters. The molecule has 6 heteroatoms. The van der Waals surface area contributed by atoms with E-state index in [2.05, 4.69) is 15.9 Å². The van der Waals surface area contributed by atoms with E-state index in [0.29, 0.717) is 0 Å². The van der Waals surface area contributed by atoms with E-state index < -0.39 is 12.0 Å². The van der Waals surface area contributed by atoms with E-state index in [4.69, 9.17) is 5.11 Å². The zero-order valence-corrected chi connectivity index (χ0v) is 11.6. The van der Waals surface area contributed by atoms with Crippen molar-refractivity contribution in [1.29, 1.82) is 0 Å². The largest absolute Gasteiger partial charge is 0.481 e. The van der Waals surface area contributed by atoms with Gasteiger partial charge in [-0.3, -0.25) is 9.59 Å². The van der Waals surface area contributed by atoms with Gasteiger partial charge in [-0.15, -0.1) is 0 Å². The van der Waals surface area contributed by atoms with Gasteiger partial charge in [0, 0.05) is 18.6 Å². The molecule has 18 heavy (non-hydrogen) atoms. The number of halogens is 1.